The number of carbonyl (C=O) groups is 1. The quantitative estimate of drug-likeness (QED) is 0.875. The number of amides is 1. The second-order valence-electron chi connectivity index (χ2n) is 5.99. The Hall–Kier alpha value is -1.67. The van der Waals surface area contributed by atoms with Crippen LogP contribution in [0.15, 0.2) is 12.1 Å². The molecular weight excluding hydrogens is 318 g/mol. The Morgan fingerprint density at radius 1 is 1.35 bits per heavy atom. The van der Waals surface area contributed by atoms with Gasteiger partial charge >= 0.3 is 0 Å². The van der Waals surface area contributed by atoms with Gasteiger partial charge in [0.25, 0.3) is 5.91 Å². The summed E-state index contributed by atoms with van der Waals surface area (Å²) in [7, 11) is -3.55. The van der Waals surface area contributed by atoms with E-state index >= 15 is 0 Å². The smallest absolute Gasteiger partial charge is 0.267 e. The molecule has 126 valence electrons. The fourth-order valence-electron chi connectivity index (χ4n) is 3.08. The van der Waals surface area contributed by atoms with E-state index in [2.05, 4.69) is 4.98 Å². The molecule has 7 nitrogen and oxygen atoms in total. The zero-order valence-electron chi connectivity index (χ0n) is 12.9. The Morgan fingerprint density at radius 3 is 2.87 bits per heavy atom. The van der Waals surface area contributed by atoms with Crippen LogP contribution in [0.2, 0.25) is 0 Å². The van der Waals surface area contributed by atoms with Crippen LogP contribution < -0.4 is 10.0 Å². The Labute approximate surface area is 135 Å². The molecule has 0 saturated carbocycles. The number of hydrogen-bond donors (Lipinski definition) is 1. The van der Waals surface area contributed by atoms with E-state index in [-0.39, 0.29) is 17.6 Å². The molecule has 0 spiro atoms. The summed E-state index contributed by atoms with van der Waals surface area (Å²) in [4.78, 5) is 15.5. The van der Waals surface area contributed by atoms with Crippen molar-refractivity contribution in [3.05, 3.63) is 23.4 Å². The molecule has 2 N–H and O–H groups in total. The van der Waals surface area contributed by atoms with Crippen molar-refractivity contribution < 1.29 is 17.9 Å². The first-order valence-electron chi connectivity index (χ1n) is 7.89. The highest BCUT2D eigenvalue weighted by molar-refractivity contribution is 7.92. The van der Waals surface area contributed by atoms with Crippen molar-refractivity contribution in [3.63, 3.8) is 0 Å². The number of carbonyl (C=O) groups excluding carboxylic acids is 1. The molecular formula is C15H21N3O4S. The van der Waals surface area contributed by atoms with Crippen molar-refractivity contribution in [3.8, 4) is 0 Å². The monoisotopic (exact) mass is 339 g/mol. The molecule has 1 aromatic heterocycles. The van der Waals surface area contributed by atoms with Crippen LogP contribution in [0, 0.1) is 0 Å². The standard InChI is InChI=1S/C15H21N3O4S/c16-14(19)13-7-6-11-4-3-8-18(15(11)17-13)23(20,21)10-12-5-1-2-9-22-12/h6-7,12H,1-5,8-10H2,(H2,16,19). The molecule has 3 rings (SSSR count). The number of aryl methyl sites for hydroxylation is 1. The summed E-state index contributed by atoms with van der Waals surface area (Å²) in [5.41, 5.74) is 6.17. The molecule has 1 unspecified atom stereocenters. The van der Waals surface area contributed by atoms with E-state index in [1.807, 2.05) is 0 Å². The van der Waals surface area contributed by atoms with Gasteiger partial charge in [-0.1, -0.05) is 6.07 Å². The van der Waals surface area contributed by atoms with Crippen LogP contribution in [0.25, 0.3) is 0 Å². The van der Waals surface area contributed by atoms with Gasteiger partial charge in [-0.25, -0.2) is 13.4 Å². The van der Waals surface area contributed by atoms with E-state index in [0.29, 0.717) is 19.0 Å². The molecule has 1 fully saturated rings. The van der Waals surface area contributed by atoms with E-state index < -0.39 is 15.9 Å². The van der Waals surface area contributed by atoms with E-state index in [4.69, 9.17) is 10.5 Å². The molecule has 0 aromatic carbocycles. The molecule has 3 heterocycles. The molecule has 0 radical (unpaired) electrons. The molecule has 2 aliphatic rings. The number of nitrogens with zero attached hydrogens (tertiary/aromatic N) is 2. The van der Waals surface area contributed by atoms with Crippen molar-refractivity contribution in [1.29, 1.82) is 0 Å². The van der Waals surface area contributed by atoms with Crippen molar-refractivity contribution in [2.24, 2.45) is 5.73 Å². The Kier molecular flexibility index (Phi) is 4.54. The van der Waals surface area contributed by atoms with Crippen LogP contribution in [-0.2, 0) is 21.2 Å². The van der Waals surface area contributed by atoms with E-state index in [1.54, 1.807) is 12.1 Å². The van der Waals surface area contributed by atoms with Gasteiger partial charge in [-0.2, -0.15) is 0 Å². The fraction of sp³-hybridized carbons (Fsp3) is 0.600. The first kappa shape index (κ1) is 16.2. The topological polar surface area (TPSA) is 103 Å². The largest absolute Gasteiger partial charge is 0.377 e. The number of ether oxygens (including phenoxy) is 1. The van der Waals surface area contributed by atoms with Crippen LogP contribution >= 0.6 is 0 Å². The minimum Gasteiger partial charge on any atom is -0.377 e. The lowest BCUT2D eigenvalue weighted by molar-refractivity contribution is 0.0305. The molecule has 1 saturated heterocycles. The van der Waals surface area contributed by atoms with Gasteiger partial charge in [-0.15, -0.1) is 0 Å². The number of anilines is 1. The Morgan fingerprint density at radius 2 is 2.17 bits per heavy atom. The van der Waals surface area contributed by atoms with Crippen molar-refractivity contribution in [2.45, 2.75) is 38.2 Å². The highest BCUT2D eigenvalue weighted by Gasteiger charge is 2.32. The highest BCUT2D eigenvalue weighted by Crippen LogP contribution is 2.29. The van der Waals surface area contributed by atoms with E-state index in [9.17, 15) is 13.2 Å². The van der Waals surface area contributed by atoms with Crippen LogP contribution in [-0.4, -0.2) is 44.3 Å². The van der Waals surface area contributed by atoms with Crippen LogP contribution in [0.3, 0.4) is 0 Å². The van der Waals surface area contributed by atoms with Crippen molar-refractivity contribution in [2.75, 3.05) is 23.2 Å². The second-order valence-corrected chi connectivity index (χ2v) is 7.92. The molecule has 1 aromatic rings. The van der Waals surface area contributed by atoms with Crippen molar-refractivity contribution in [1.82, 2.24) is 4.98 Å². The molecule has 1 atom stereocenters. The van der Waals surface area contributed by atoms with Gasteiger partial charge in [0.2, 0.25) is 10.0 Å². The third-order valence-corrected chi connectivity index (χ3v) is 6.08. The van der Waals surface area contributed by atoms with Gasteiger partial charge < -0.3 is 10.5 Å². The highest BCUT2D eigenvalue weighted by atomic mass is 32.2. The van der Waals surface area contributed by atoms with E-state index in [0.717, 1.165) is 37.7 Å². The number of pyridine rings is 1. The summed E-state index contributed by atoms with van der Waals surface area (Å²) in [5.74, 6) is -0.371. The summed E-state index contributed by atoms with van der Waals surface area (Å²) in [6.45, 7) is 0.984. The van der Waals surface area contributed by atoms with E-state index in [1.165, 1.54) is 4.31 Å². The van der Waals surface area contributed by atoms with Gasteiger partial charge in [0.1, 0.15) is 11.5 Å². The maximum atomic E-state index is 12.8. The Balaban J connectivity index is 1.88. The minimum atomic E-state index is -3.55. The summed E-state index contributed by atoms with van der Waals surface area (Å²) in [6.07, 6.45) is 3.93. The van der Waals surface area contributed by atoms with Gasteiger partial charge in [0.05, 0.1) is 11.9 Å². The predicted octanol–water partition coefficient (Wildman–Crippen LogP) is 0.832. The van der Waals surface area contributed by atoms with Gasteiger partial charge in [0.15, 0.2) is 0 Å². The van der Waals surface area contributed by atoms with Crippen LogP contribution in [0.1, 0.15) is 41.7 Å². The van der Waals surface area contributed by atoms with Crippen LogP contribution in [0.5, 0.6) is 0 Å². The van der Waals surface area contributed by atoms with Gasteiger partial charge in [0, 0.05) is 13.2 Å². The predicted molar refractivity (Wildman–Crippen MR) is 85.8 cm³/mol. The Bertz CT molecular complexity index is 699. The molecule has 23 heavy (non-hydrogen) atoms. The summed E-state index contributed by atoms with van der Waals surface area (Å²) < 4.78 is 32.4. The number of aromatic nitrogens is 1. The lowest BCUT2D eigenvalue weighted by atomic mass is 10.1. The fourth-order valence-corrected chi connectivity index (χ4v) is 4.82. The average molecular weight is 339 g/mol. The maximum absolute atomic E-state index is 12.8. The first-order valence-corrected chi connectivity index (χ1v) is 9.50. The maximum Gasteiger partial charge on any atom is 0.267 e. The summed E-state index contributed by atoms with van der Waals surface area (Å²) >= 11 is 0. The minimum absolute atomic E-state index is 0.0467. The van der Waals surface area contributed by atoms with Crippen LogP contribution in [0.4, 0.5) is 5.82 Å². The molecule has 8 heteroatoms. The molecule has 0 bridgehead atoms. The summed E-state index contributed by atoms with van der Waals surface area (Å²) in [5, 5.41) is 0. The number of nitrogens with two attached hydrogens (primary N) is 1. The number of fused-ring (bicyclic) bond motifs is 1. The second kappa shape index (κ2) is 6.45. The summed E-state index contributed by atoms with van der Waals surface area (Å²) in [6, 6.07) is 3.28. The lowest BCUT2D eigenvalue weighted by Crippen LogP contribution is -2.42. The normalized spacial score (nSPS) is 21.7. The number of primary amides is 1. The zero-order chi connectivity index (χ0) is 16.4. The molecule has 2 aliphatic heterocycles. The number of hydrogen-bond acceptors (Lipinski definition) is 5. The van der Waals surface area contributed by atoms with Gasteiger partial charge in [-0.05, 0) is 43.7 Å². The third kappa shape index (κ3) is 3.48. The van der Waals surface area contributed by atoms with Gasteiger partial charge in [-0.3, -0.25) is 9.10 Å². The number of rotatable bonds is 4. The molecule has 1 amide bonds. The third-order valence-electron chi connectivity index (χ3n) is 4.26. The lowest BCUT2D eigenvalue weighted by Gasteiger charge is -2.31. The number of sulfonamides is 1. The van der Waals surface area contributed by atoms with Crippen molar-refractivity contribution >= 4 is 21.7 Å². The SMILES string of the molecule is NC(=O)c1ccc2c(n1)N(S(=O)(=O)CC1CCCCO1)CCC2. The zero-order valence-corrected chi connectivity index (χ0v) is 13.7. The average Bonchev–Trinajstić information content (AvgIpc) is 2.54. The molecule has 0 aliphatic carbocycles. The first-order chi connectivity index (χ1) is 11.0.